The minimum atomic E-state index is -2.58. The number of methoxy groups -OCH3 is 1. The minimum Gasteiger partial charge on any atom is -0.464 e. The van der Waals surface area contributed by atoms with Gasteiger partial charge in [0, 0.05) is 17.4 Å². The number of aromatic nitrogens is 1. The highest BCUT2D eigenvalue weighted by molar-refractivity contribution is 5.95. The van der Waals surface area contributed by atoms with E-state index in [1.165, 1.54) is 42.1 Å². The van der Waals surface area contributed by atoms with E-state index >= 15 is 0 Å². The van der Waals surface area contributed by atoms with Gasteiger partial charge in [-0.15, -0.1) is 0 Å². The van der Waals surface area contributed by atoms with Gasteiger partial charge in [-0.3, -0.25) is 0 Å². The number of esters is 1. The van der Waals surface area contributed by atoms with Crippen LogP contribution in [-0.2, 0) is 4.74 Å². The fraction of sp³-hybridized carbons (Fsp3) is 0.143. The number of carbonyl (C=O) groups is 1. The summed E-state index contributed by atoms with van der Waals surface area (Å²) in [5, 5.41) is 8.98. The van der Waals surface area contributed by atoms with Gasteiger partial charge >= 0.3 is 5.97 Å². The molecule has 108 valence electrons. The van der Waals surface area contributed by atoms with Gasteiger partial charge in [0.25, 0.3) is 6.43 Å². The molecule has 0 radical (unpaired) electrons. The quantitative estimate of drug-likeness (QED) is 0.881. The van der Waals surface area contributed by atoms with Gasteiger partial charge in [0.1, 0.15) is 6.07 Å². The summed E-state index contributed by atoms with van der Waals surface area (Å²) in [6, 6.07) is 7.16. The lowest BCUT2D eigenvalue weighted by molar-refractivity contribution is 0.0593. The number of alkyl halides is 2. The third-order valence-electron chi connectivity index (χ3n) is 2.97. The summed E-state index contributed by atoms with van der Waals surface area (Å²) in [7, 11) is 1.19. The molecule has 21 heavy (non-hydrogen) atoms. The van der Waals surface area contributed by atoms with E-state index in [1.54, 1.807) is 0 Å². The van der Waals surface area contributed by atoms with Crippen LogP contribution >= 0.6 is 0 Å². The smallest absolute Gasteiger partial charge is 0.357 e. The molecular weight excluding hydrogens is 280 g/mol. The van der Waals surface area contributed by atoms with E-state index in [-0.39, 0.29) is 22.5 Å². The van der Waals surface area contributed by atoms with E-state index < -0.39 is 12.4 Å². The third-order valence-corrected chi connectivity index (χ3v) is 2.97. The molecule has 2 aromatic rings. The topological polar surface area (TPSA) is 81.0 Å². The molecule has 1 aromatic carbocycles. The first-order valence-electron chi connectivity index (χ1n) is 5.87. The van der Waals surface area contributed by atoms with E-state index in [2.05, 4.69) is 4.74 Å². The van der Waals surface area contributed by atoms with Gasteiger partial charge in [0.15, 0.2) is 5.69 Å². The summed E-state index contributed by atoms with van der Waals surface area (Å²) in [6.45, 7) is 0. The second-order valence-corrected chi connectivity index (χ2v) is 4.17. The second-order valence-electron chi connectivity index (χ2n) is 4.17. The molecule has 0 atom stereocenters. The van der Waals surface area contributed by atoms with Crippen molar-refractivity contribution in [3.8, 4) is 11.8 Å². The van der Waals surface area contributed by atoms with Crippen molar-refractivity contribution in [2.75, 3.05) is 12.8 Å². The number of nitrogens with zero attached hydrogens (tertiary/aromatic N) is 2. The van der Waals surface area contributed by atoms with E-state index in [0.717, 1.165) is 0 Å². The number of benzene rings is 1. The van der Waals surface area contributed by atoms with Crippen molar-refractivity contribution in [1.29, 1.82) is 5.26 Å². The highest BCUT2D eigenvalue weighted by Crippen LogP contribution is 2.26. The lowest BCUT2D eigenvalue weighted by Crippen LogP contribution is -2.11. The van der Waals surface area contributed by atoms with Crippen LogP contribution in [-0.4, -0.2) is 17.6 Å². The largest absolute Gasteiger partial charge is 0.464 e. The zero-order valence-corrected chi connectivity index (χ0v) is 11.0. The zero-order valence-electron chi connectivity index (χ0n) is 11.0. The van der Waals surface area contributed by atoms with Crippen molar-refractivity contribution in [2.45, 2.75) is 6.43 Å². The van der Waals surface area contributed by atoms with Crippen LogP contribution in [0.2, 0.25) is 0 Å². The number of ether oxygens (including phenoxy) is 1. The Morgan fingerprint density at radius 1 is 1.38 bits per heavy atom. The molecule has 0 saturated carbocycles. The van der Waals surface area contributed by atoms with Crippen LogP contribution in [0, 0.1) is 11.3 Å². The van der Waals surface area contributed by atoms with Gasteiger partial charge in [-0.2, -0.15) is 5.26 Å². The average molecular weight is 291 g/mol. The highest BCUT2D eigenvalue weighted by atomic mass is 19.3. The van der Waals surface area contributed by atoms with Gasteiger partial charge in [0.2, 0.25) is 0 Å². The van der Waals surface area contributed by atoms with E-state index in [0.29, 0.717) is 5.69 Å². The lowest BCUT2D eigenvalue weighted by Gasteiger charge is -2.09. The molecule has 0 aliphatic rings. The number of nitrogens with two attached hydrogens (primary N) is 1. The number of nitrogen functional groups attached to an aromatic ring is 1. The zero-order chi connectivity index (χ0) is 15.6. The number of halogens is 2. The first-order valence-corrected chi connectivity index (χ1v) is 5.87. The summed E-state index contributed by atoms with van der Waals surface area (Å²) in [4.78, 5) is 11.8. The molecule has 7 heteroatoms. The van der Waals surface area contributed by atoms with Gasteiger partial charge in [-0.05, 0) is 12.1 Å². The Kier molecular flexibility index (Phi) is 3.89. The first kappa shape index (κ1) is 14.5. The fourth-order valence-corrected chi connectivity index (χ4v) is 1.90. The van der Waals surface area contributed by atoms with Crippen LogP contribution < -0.4 is 5.73 Å². The Balaban J connectivity index is 2.58. The Hall–Kier alpha value is -2.88. The molecule has 0 bridgehead atoms. The average Bonchev–Trinajstić information content (AvgIpc) is 2.83. The number of nitriles is 1. The molecule has 5 nitrogen and oxygen atoms in total. The predicted molar refractivity (Wildman–Crippen MR) is 71.2 cm³/mol. The molecule has 0 amide bonds. The molecular formula is C14H11F2N3O2. The lowest BCUT2D eigenvalue weighted by atomic mass is 10.2. The first-order chi connectivity index (χ1) is 9.99. The molecule has 0 fully saturated rings. The highest BCUT2D eigenvalue weighted by Gasteiger charge is 2.21. The Morgan fingerprint density at radius 3 is 2.48 bits per heavy atom. The molecule has 1 heterocycles. The summed E-state index contributed by atoms with van der Waals surface area (Å²) in [6.07, 6.45) is -1.22. The number of hydrogen-bond donors (Lipinski definition) is 1. The van der Waals surface area contributed by atoms with Crippen LogP contribution in [0.3, 0.4) is 0 Å². The molecule has 0 unspecified atom stereocenters. The van der Waals surface area contributed by atoms with E-state index in [4.69, 9.17) is 11.0 Å². The van der Waals surface area contributed by atoms with Gasteiger partial charge < -0.3 is 15.0 Å². The van der Waals surface area contributed by atoms with E-state index in [9.17, 15) is 13.6 Å². The van der Waals surface area contributed by atoms with E-state index in [1.807, 2.05) is 6.07 Å². The third kappa shape index (κ3) is 2.56. The van der Waals surface area contributed by atoms with Crippen molar-refractivity contribution in [3.63, 3.8) is 0 Å². The molecule has 0 aliphatic carbocycles. The normalized spacial score (nSPS) is 10.4. The van der Waals surface area contributed by atoms with Crippen molar-refractivity contribution >= 4 is 11.7 Å². The SMILES string of the molecule is COC(=O)c1c(N)c(C#N)cn1-c1ccc(C(F)F)cc1. The second kappa shape index (κ2) is 5.63. The maximum Gasteiger partial charge on any atom is 0.357 e. The summed E-state index contributed by atoms with van der Waals surface area (Å²) in [5.41, 5.74) is 6.10. The molecule has 0 saturated heterocycles. The van der Waals surface area contributed by atoms with Crippen molar-refractivity contribution in [3.05, 3.63) is 47.3 Å². The van der Waals surface area contributed by atoms with Gasteiger partial charge in [-0.25, -0.2) is 13.6 Å². The molecule has 0 aliphatic heterocycles. The Morgan fingerprint density at radius 2 is 2.00 bits per heavy atom. The number of rotatable bonds is 3. The van der Waals surface area contributed by atoms with Crippen molar-refractivity contribution in [2.24, 2.45) is 0 Å². The molecule has 2 N–H and O–H groups in total. The molecule has 2 rings (SSSR count). The Labute approximate surface area is 119 Å². The summed E-state index contributed by atoms with van der Waals surface area (Å²) >= 11 is 0. The predicted octanol–water partition coefficient (Wildman–Crippen LogP) is 2.66. The van der Waals surface area contributed by atoms with Crippen LogP contribution in [0.1, 0.15) is 28.0 Å². The maximum atomic E-state index is 12.5. The number of carbonyl (C=O) groups excluding carboxylic acids is 1. The van der Waals surface area contributed by atoms with Crippen LogP contribution in [0.25, 0.3) is 5.69 Å². The molecule has 0 spiro atoms. The molecule has 1 aromatic heterocycles. The number of anilines is 1. The minimum absolute atomic E-state index is 0.0118. The maximum absolute atomic E-state index is 12.5. The fourth-order valence-electron chi connectivity index (χ4n) is 1.90. The van der Waals surface area contributed by atoms with Crippen molar-refractivity contribution in [1.82, 2.24) is 4.57 Å². The monoisotopic (exact) mass is 291 g/mol. The van der Waals surface area contributed by atoms with Crippen LogP contribution in [0.4, 0.5) is 14.5 Å². The van der Waals surface area contributed by atoms with Crippen molar-refractivity contribution < 1.29 is 18.3 Å². The van der Waals surface area contributed by atoms with Gasteiger partial charge in [-0.1, -0.05) is 12.1 Å². The van der Waals surface area contributed by atoms with Crippen LogP contribution in [0.5, 0.6) is 0 Å². The summed E-state index contributed by atoms with van der Waals surface area (Å²) in [5.74, 6) is -0.716. The Bertz CT molecular complexity index is 715. The van der Waals surface area contributed by atoms with Gasteiger partial charge in [0.05, 0.1) is 18.4 Å². The summed E-state index contributed by atoms with van der Waals surface area (Å²) < 4.78 is 31.1. The van der Waals surface area contributed by atoms with Crippen LogP contribution in [0.15, 0.2) is 30.5 Å². The number of hydrogen-bond acceptors (Lipinski definition) is 4. The standard InChI is InChI=1S/C14H11F2N3O2/c1-21-14(20)12-11(18)9(6-17)7-19(12)10-4-2-8(3-5-10)13(15)16/h2-5,7,13H,18H2,1H3.